The Kier molecular flexibility index (Phi) is 4.03. The van der Waals surface area contributed by atoms with Crippen molar-refractivity contribution in [3.8, 4) is 0 Å². The molecule has 5 heteroatoms. The van der Waals surface area contributed by atoms with E-state index in [1.54, 1.807) is 6.92 Å². The monoisotopic (exact) mass is 284 g/mol. The van der Waals surface area contributed by atoms with E-state index in [1.165, 1.54) is 18.2 Å². The lowest BCUT2D eigenvalue weighted by Crippen LogP contribution is -2.12. The van der Waals surface area contributed by atoms with E-state index in [9.17, 15) is 14.9 Å². The lowest BCUT2D eigenvalue weighted by Gasteiger charge is -2.08. The zero-order valence-corrected chi connectivity index (χ0v) is 12.1. The summed E-state index contributed by atoms with van der Waals surface area (Å²) in [5.41, 5.74) is 3.83. The van der Waals surface area contributed by atoms with E-state index in [2.05, 4.69) is 5.32 Å². The fraction of sp³-hybridized carbons (Fsp3) is 0.188. The standard InChI is InChI=1S/C16H16N2O3/c1-10-4-6-14(9-11(10)2)17-16(19)13-5-7-15(18(20)21)12(3)8-13/h4-9H,1-3H3,(H,17,19). The predicted molar refractivity (Wildman–Crippen MR) is 81.7 cm³/mol. The molecule has 0 radical (unpaired) electrons. The molecular weight excluding hydrogens is 268 g/mol. The zero-order valence-electron chi connectivity index (χ0n) is 12.1. The van der Waals surface area contributed by atoms with Crippen LogP contribution in [-0.4, -0.2) is 10.8 Å². The number of benzene rings is 2. The van der Waals surface area contributed by atoms with E-state index in [0.29, 0.717) is 16.8 Å². The van der Waals surface area contributed by atoms with Gasteiger partial charge in [0.1, 0.15) is 0 Å². The van der Waals surface area contributed by atoms with Crippen molar-refractivity contribution in [1.82, 2.24) is 0 Å². The van der Waals surface area contributed by atoms with Gasteiger partial charge in [-0.05, 0) is 56.2 Å². The Hall–Kier alpha value is -2.69. The molecule has 0 atom stereocenters. The zero-order chi connectivity index (χ0) is 15.6. The van der Waals surface area contributed by atoms with Crippen LogP contribution in [0.25, 0.3) is 0 Å². The summed E-state index contributed by atoms with van der Waals surface area (Å²) in [5.74, 6) is -0.281. The molecule has 2 rings (SSSR count). The highest BCUT2D eigenvalue weighted by atomic mass is 16.6. The first-order chi connectivity index (χ1) is 9.88. The summed E-state index contributed by atoms with van der Waals surface area (Å²) in [6, 6.07) is 10.00. The summed E-state index contributed by atoms with van der Waals surface area (Å²) < 4.78 is 0. The summed E-state index contributed by atoms with van der Waals surface area (Å²) in [6.45, 7) is 5.59. The first kappa shape index (κ1) is 14.7. The predicted octanol–water partition coefficient (Wildman–Crippen LogP) is 3.77. The minimum absolute atomic E-state index is 0.0118. The molecule has 0 saturated heterocycles. The molecule has 0 heterocycles. The smallest absolute Gasteiger partial charge is 0.272 e. The second-order valence-electron chi connectivity index (χ2n) is 5.01. The SMILES string of the molecule is Cc1ccc(NC(=O)c2ccc([N+](=O)[O-])c(C)c2)cc1C. The van der Waals surface area contributed by atoms with Gasteiger partial charge in [-0.1, -0.05) is 6.07 Å². The second kappa shape index (κ2) is 5.75. The summed E-state index contributed by atoms with van der Waals surface area (Å²) in [7, 11) is 0. The Labute approximate surface area is 122 Å². The van der Waals surface area contributed by atoms with Gasteiger partial charge in [0.05, 0.1) is 4.92 Å². The molecular formula is C16H16N2O3. The molecule has 0 unspecified atom stereocenters. The summed E-state index contributed by atoms with van der Waals surface area (Å²) in [5, 5.41) is 13.6. The van der Waals surface area contributed by atoms with Gasteiger partial charge in [0, 0.05) is 22.9 Å². The molecule has 21 heavy (non-hydrogen) atoms. The van der Waals surface area contributed by atoms with Crippen LogP contribution in [0.15, 0.2) is 36.4 Å². The van der Waals surface area contributed by atoms with Gasteiger partial charge in [-0.15, -0.1) is 0 Å². The average molecular weight is 284 g/mol. The van der Waals surface area contributed by atoms with Gasteiger partial charge < -0.3 is 5.32 Å². The number of aryl methyl sites for hydroxylation is 3. The highest BCUT2D eigenvalue weighted by Gasteiger charge is 2.14. The minimum atomic E-state index is -0.458. The number of rotatable bonds is 3. The third kappa shape index (κ3) is 3.25. The Balaban J connectivity index is 2.22. The molecule has 0 aliphatic carbocycles. The third-order valence-corrected chi connectivity index (χ3v) is 3.42. The molecule has 0 saturated carbocycles. The molecule has 1 N–H and O–H groups in total. The van der Waals surface area contributed by atoms with Crippen LogP contribution < -0.4 is 5.32 Å². The van der Waals surface area contributed by atoms with Crippen molar-refractivity contribution in [3.63, 3.8) is 0 Å². The van der Waals surface area contributed by atoms with Crippen molar-refractivity contribution >= 4 is 17.3 Å². The molecule has 108 valence electrons. The summed E-state index contributed by atoms with van der Waals surface area (Å²) in [4.78, 5) is 22.5. The van der Waals surface area contributed by atoms with Crippen LogP contribution in [0.5, 0.6) is 0 Å². The van der Waals surface area contributed by atoms with Crippen molar-refractivity contribution in [3.05, 3.63) is 68.8 Å². The molecule has 0 aliphatic heterocycles. The molecule has 2 aromatic carbocycles. The Morgan fingerprint density at radius 2 is 1.71 bits per heavy atom. The second-order valence-corrected chi connectivity index (χ2v) is 5.01. The maximum atomic E-state index is 12.2. The number of carbonyl (C=O) groups excluding carboxylic acids is 1. The van der Waals surface area contributed by atoms with Gasteiger partial charge in [0.2, 0.25) is 0 Å². The number of nitrogens with zero attached hydrogens (tertiary/aromatic N) is 1. The van der Waals surface area contributed by atoms with Crippen LogP contribution in [0.4, 0.5) is 11.4 Å². The van der Waals surface area contributed by atoms with Gasteiger partial charge in [-0.25, -0.2) is 0 Å². The van der Waals surface area contributed by atoms with Crippen molar-refractivity contribution in [2.75, 3.05) is 5.32 Å². The largest absolute Gasteiger partial charge is 0.322 e. The third-order valence-electron chi connectivity index (χ3n) is 3.42. The topological polar surface area (TPSA) is 72.2 Å². The first-order valence-electron chi connectivity index (χ1n) is 6.52. The Morgan fingerprint density at radius 3 is 2.29 bits per heavy atom. The number of nitrogens with one attached hydrogen (secondary N) is 1. The van der Waals surface area contributed by atoms with Crippen molar-refractivity contribution in [2.45, 2.75) is 20.8 Å². The molecule has 0 spiro atoms. The number of hydrogen-bond acceptors (Lipinski definition) is 3. The van der Waals surface area contributed by atoms with Gasteiger partial charge in [-0.2, -0.15) is 0 Å². The van der Waals surface area contributed by atoms with E-state index in [0.717, 1.165) is 11.1 Å². The van der Waals surface area contributed by atoms with Crippen LogP contribution in [-0.2, 0) is 0 Å². The number of amides is 1. The Bertz CT molecular complexity index is 723. The number of nitro groups is 1. The number of hydrogen-bond donors (Lipinski definition) is 1. The van der Waals surface area contributed by atoms with Crippen molar-refractivity contribution in [1.29, 1.82) is 0 Å². The number of carbonyl (C=O) groups is 1. The fourth-order valence-electron chi connectivity index (χ4n) is 2.02. The molecule has 0 aliphatic rings. The van der Waals surface area contributed by atoms with E-state index in [1.807, 2.05) is 32.0 Å². The van der Waals surface area contributed by atoms with Gasteiger partial charge in [0.15, 0.2) is 0 Å². The lowest BCUT2D eigenvalue weighted by atomic mass is 10.1. The summed E-state index contributed by atoms with van der Waals surface area (Å²) >= 11 is 0. The minimum Gasteiger partial charge on any atom is -0.322 e. The first-order valence-corrected chi connectivity index (χ1v) is 6.52. The van der Waals surface area contributed by atoms with E-state index in [-0.39, 0.29) is 11.6 Å². The molecule has 5 nitrogen and oxygen atoms in total. The van der Waals surface area contributed by atoms with E-state index >= 15 is 0 Å². The lowest BCUT2D eigenvalue weighted by molar-refractivity contribution is -0.385. The van der Waals surface area contributed by atoms with E-state index in [4.69, 9.17) is 0 Å². The van der Waals surface area contributed by atoms with Crippen LogP contribution in [0.2, 0.25) is 0 Å². The molecule has 0 fully saturated rings. The Morgan fingerprint density at radius 1 is 1.00 bits per heavy atom. The van der Waals surface area contributed by atoms with Crippen LogP contribution in [0.1, 0.15) is 27.0 Å². The van der Waals surface area contributed by atoms with Gasteiger partial charge >= 0.3 is 0 Å². The maximum absolute atomic E-state index is 12.2. The fourth-order valence-corrected chi connectivity index (χ4v) is 2.02. The normalized spacial score (nSPS) is 10.2. The molecule has 0 aromatic heterocycles. The quantitative estimate of drug-likeness (QED) is 0.688. The molecule has 0 bridgehead atoms. The van der Waals surface area contributed by atoms with Crippen LogP contribution >= 0.6 is 0 Å². The van der Waals surface area contributed by atoms with Gasteiger partial charge in [-0.3, -0.25) is 14.9 Å². The average Bonchev–Trinajstić information content (AvgIpc) is 2.42. The van der Waals surface area contributed by atoms with Crippen molar-refractivity contribution in [2.24, 2.45) is 0 Å². The van der Waals surface area contributed by atoms with Crippen LogP contribution in [0, 0.1) is 30.9 Å². The number of nitro benzene ring substituents is 1. The van der Waals surface area contributed by atoms with Gasteiger partial charge in [0.25, 0.3) is 11.6 Å². The van der Waals surface area contributed by atoms with Crippen LogP contribution in [0.3, 0.4) is 0 Å². The highest BCUT2D eigenvalue weighted by Crippen LogP contribution is 2.20. The molecule has 2 aromatic rings. The maximum Gasteiger partial charge on any atom is 0.272 e. The molecule has 1 amide bonds. The van der Waals surface area contributed by atoms with Crippen molar-refractivity contribution < 1.29 is 9.72 Å². The summed E-state index contributed by atoms with van der Waals surface area (Å²) in [6.07, 6.45) is 0. The van der Waals surface area contributed by atoms with E-state index < -0.39 is 4.92 Å². The number of anilines is 1. The highest BCUT2D eigenvalue weighted by molar-refractivity contribution is 6.04.